The Morgan fingerprint density at radius 2 is 2.19 bits per heavy atom. The van der Waals surface area contributed by atoms with Crippen LogP contribution in [-0.4, -0.2) is 30.7 Å². The van der Waals surface area contributed by atoms with Gasteiger partial charge in [0.15, 0.2) is 0 Å². The van der Waals surface area contributed by atoms with E-state index in [-0.39, 0.29) is 10.7 Å². The Bertz CT molecular complexity index is 496. The van der Waals surface area contributed by atoms with Crippen LogP contribution in [0.3, 0.4) is 0 Å². The maximum absolute atomic E-state index is 11.6. The zero-order valence-electron chi connectivity index (χ0n) is 11.7. The Hall–Kier alpha value is -1.86. The predicted molar refractivity (Wildman–Crippen MR) is 80.9 cm³/mol. The molecule has 0 heterocycles. The summed E-state index contributed by atoms with van der Waals surface area (Å²) in [5.41, 5.74) is 0.0732. The fourth-order valence-electron chi connectivity index (χ4n) is 1.58. The van der Waals surface area contributed by atoms with Crippen LogP contribution < -0.4 is 10.6 Å². The van der Waals surface area contributed by atoms with Crippen LogP contribution in [0.5, 0.6) is 0 Å². The van der Waals surface area contributed by atoms with Gasteiger partial charge in [0.1, 0.15) is 5.02 Å². The average molecular weight is 316 g/mol. The van der Waals surface area contributed by atoms with Crippen LogP contribution in [0, 0.1) is 10.1 Å². The lowest BCUT2D eigenvalue weighted by atomic mass is 10.3. The summed E-state index contributed by atoms with van der Waals surface area (Å²) in [6.45, 7) is 3.79. The number of nitro benzene ring substituents is 1. The third-order valence-electron chi connectivity index (χ3n) is 2.61. The first kappa shape index (κ1) is 17.2. The molecule has 0 aliphatic heterocycles. The van der Waals surface area contributed by atoms with Crippen LogP contribution in [-0.2, 0) is 4.74 Å². The second-order valence-corrected chi connectivity index (χ2v) is 4.62. The molecular formula is C13H18ClN3O4. The molecule has 1 aromatic rings. The molecule has 0 radical (unpaired) electrons. The van der Waals surface area contributed by atoms with Crippen LogP contribution in [0.1, 0.15) is 19.8 Å². The lowest BCUT2D eigenvalue weighted by molar-refractivity contribution is -0.384. The van der Waals surface area contributed by atoms with Crippen LogP contribution in [0.15, 0.2) is 18.2 Å². The molecule has 2 amide bonds. The zero-order chi connectivity index (χ0) is 15.7. The molecule has 0 atom stereocenters. The van der Waals surface area contributed by atoms with Crippen molar-refractivity contribution < 1.29 is 14.5 Å². The number of hydrogen-bond acceptors (Lipinski definition) is 4. The highest BCUT2D eigenvalue weighted by Gasteiger charge is 2.13. The first-order valence-electron chi connectivity index (χ1n) is 6.61. The minimum atomic E-state index is -0.598. The molecule has 0 bridgehead atoms. The van der Waals surface area contributed by atoms with Crippen molar-refractivity contribution in [2.45, 2.75) is 19.8 Å². The van der Waals surface area contributed by atoms with Gasteiger partial charge in [-0.1, -0.05) is 11.6 Å². The van der Waals surface area contributed by atoms with Gasteiger partial charge in [-0.2, -0.15) is 0 Å². The number of ether oxygens (including phenoxy) is 1. The van der Waals surface area contributed by atoms with Gasteiger partial charge in [0, 0.05) is 31.5 Å². The summed E-state index contributed by atoms with van der Waals surface area (Å²) in [6.07, 6.45) is 1.66. The Morgan fingerprint density at radius 1 is 1.43 bits per heavy atom. The molecule has 0 fully saturated rings. The zero-order valence-corrected chi connectivity index (χ0v) is 12.5. The number of anilines is 1. The minimum absolute atomic E-state index is 0.0295. The van der Waals surface area contributed by atoms with E-state index in [2.05, 4.69) is 10.6 Å². The summed E-state index contributed by atoms with van der Waals surface area (Å²) in [7, 11) is 0. The van der Waals surface area contributed by atoms with Crippen molar-refractivity contribution in [1.29, 1.82) is 0 Å². The van der Waals surface area contributed by atoms with Gasteiger partial charge in [-0.15, -0.1) is 0 Å². The maximum atomic E-state index is 11.6. The van der Waals surface area contributed by atoms with E-state index in [1.165, 1.54) is 18.2 Å². The Labute approximate surface area is 127 Å². The van der Waals surface area contributed by atoms with Crippen molar-refractivity contribution in [3.8, 4) is 0 Å². The second kappa shape index (κ2) is 9.15. The molecule has 8 heteroatoms. The quantitative estimate of drug-likeness (QED) is 0.437. The normalized spacial score (nSPS) is 10.2. The first-order valence-corrected chi connectivity index (χ1v) is 6.99. The van der Waals surface area contributed by atoms with E-state index in [0.29, 0.717) is 25.4 Å². The van der Waals surface area contributed by atoms with Gasteiger partial charge in [-0.05, 0) is 31.9 Å². The van der Waals surface area contributed by atoms with Crippen molar-refractivity contribution in [3.63, 3.8) is 0 Å². The lowest BCUT2D eigenvalue weighted by Crippen LogP contribution is -2.29. The van der Waals surface area contributed by atoms with Gasteiger partial charge in [0.2, 0.25) is 0 Å². The molecule has 0 saturated heterocycles. The predicted octanol–water partition coefficient (Wildman–Crippen LogP) is 3.19. The standard InChI is InChI=1S/C13H18ClN3O4/c1-2-21-8-4-3-7-15-13(18)16-10-5-6-11(14)12(9-10)17(19)20/h5-6,9H,2-4,7-8H2,1H3,(H2,15,16,18). The van der Waals surface area contributed by atoms with E-state index >= 15 is 0 Å². The number of hydrogen-bond donors (Lipinski definition) is 2. The molecule has 0 unspecified atom stereocenters. The number of amides is 2. The monoisotopic (exact) mass is 315 g/mol. The number of carbonyl (C=O) groups excluding carboxylic acids is 1. The smallest absolute Gasteiger partial charge is 0.319 e. The molecule has 0 spiro atoms. The molecule has 0 aliphatic rings. The highest BCUT2D eigenvalue weighted by atomic mass is 35.5. The number of nitrogens with one attached hydrogen (secondary N) is 2. The molecule has 0 saturated carbocycles. The maximum Gasteiger partial charge on any atom is 0.319 e. The molecule has 0 aromatic heterocycles. The van der Waals surface area contributed by atoms with E-state index in [1.807, 2.05) is 6.92 Å². The average Bonchev–Trinajstić information content (AvgIpc) is 2.44. The summed E-state index contributed by atoms with van der Waals surface area (Å²) >= 11 is 5.69. The van der Waals surface area contributed by atoms with Gasteiger partial charge in [0.05, 0.1) is 4.92 Å². The summed E-state index contributed by atoms with van der Waals surface area (Å²) in [6, 6.07) is 3.68. The van der Waals surface area contributed by atoms with Crippen LogP contribution >= 0.6 is 11.6 Å². The Balaban J connectivity index is 2.38. The second-order valence-electron chi connectivity index (χ2n) is 4.21. The lowest BCUT2D eigenvalue weighted by Gasteiger charge is -2.08. The number of rotatable bonds is 8. The first-order chi connectivity index (χ1) is 10.0. The molecule has 2 N–H and O–H groups in total. The van der Waals surface area contributed by atoms with Crippen molar-refractivity contribution in [2.24, 2.45) is 0 Å². The third-order valence-corrected chi connectivity index (χ3v) is 2.93. The topological polar surface area (TPSA) is 93.5 Å². The van der Waals surface area contributed by atoms with Gasteiger partial charge in [-0.25, -0.2) is 4.79 Å². The van der Waals surface area contributed by atoms with Gasteiger partial charge >= 0.3 is 6.03 Å². The molecular weight excluding hydrogens is 298 g/mol. The third kappa shape index (κ3) is 6.42. The van der Waals surface area contributed by atoms with Gasteiger partial charge < -0.3 is 15.4 Å². The fraction of sp³-hybridized carbons (Fsp3) is 0.462. The van der Waals surface area contributed by atoms with E-state index in [0.717, 1.165) is 12.8 Å². The number of halogens is 1. The minimum Gasteiger partial charge on any atom is -0.382 e. The van der Waals surface area contributed by atoms with Crippen molar-refractivity contribution in [3.05, 3.63) is 33.3 Å². The van der Waals surface area contributed by atoms with E-state index < -0.39 is 11.0 Å². The molecule has 116 valence electrons. The van der Waals surface area contributed by atoms with Crippen LogP contribution in [0.25, 0.3) is 0 Å². The van der Waals surface area contributed by atoms with Gasteiger partial charge in [-0.3, -0.25) is 10.1 Å². The SMILES string of the molecule is CCOCCCCNC(=O)Nc1ccc(Cl)c([N+](=O)[O-])c1. The Kier molecular flexibility index (Phi) is 7.49. The number of nitrogens with zero attached hydrogens (tertiary/aromatic N) is 1. The molecule has 1 rings (SSSR count). The number of benzene rings is 1. The summed E-state index contributed by atoms with van der Waals surface area (Å²) in [5.74, 6) is 0. The van der Waals surface area contributed by atoms with Crippen LogP contribution in [0.4, 0.5) is 16.2 Å². The Morgan fingerprint density at radius 3 is 2.86 bits per heavy atom. The summed E-state index contributed by atoms with van der Waals surface area (Å²) in [5, 5.41) is 16.0. The molecule has 7 nitrogen and oxygen atoms in total. The van der Waals surface area contributed by atoms with Crippen molar-refractivity contribution in [2.75, 3.05) is 25.1 Å². The molecule has 21 heavy (non-hydrogen) atoms. The van der Waals surface area contributed by atoms with Crippen molar-refractivity contribution in [1.82, 2.24) is 5.32 Å². The highest BCUT2D eigenvalue weighted by Crippen LogP contribution is 2.27. The largest absolute Gasteiger partial charge is 0.382 e. The van der Waals surface area contributed by atoms with Gasteiger partial charge in [0.25, 0.3) is 5.69 Å². The molecule has 1 aromatic carbocycles. The number of urea groups is 1. The van der Waals surface area contributed by atoms with E-state index in [1.54, 1.807) is 0 Å². The summed E-state index contributed by atoms with van der Waals surface area (Å²) < 4.78 is 5.18. The van der Waals surface area contributed by atoms with E-state index in [4.69, 9.17) is 16.3 Å². The summed E-state index contributed by atoms with van der Waals surface area (Å²) in [4.78, 5) is 21.8. The highest BCUT2D eigenvalue weighted by molar-refractivity contribution is 6.32. The number of nitro groups is 1. The van der Waals surface area contributed by atoms with E-state index in [9.17, 15) is 14.9 Å². The number of unbranched alkanes of at least 4 members (excludes halogenated alkanes) is 1. The van der Waals surface area contributed by atoms with Crippen molar-refractivity contribution >= 4 is 29.0 Å². The molecule has 0 aliphatic carbocycles. The number of carbonyl (C=O) groups is 1. The van der Waals surface area contributed by atoms with Crippen LogP contribution in [0.2, 0.25) is 5.02 Å². The fourth-order valence-corrected chi connectivity index (χ4v) is 1.77.